The fraction of sp³-hybridized carbons (Fsp3) is 0.857. The second-order valence-corrected chi connectivity index (χ2v) is 6.39. The molecule has 0 saturated heterocycles. The molecule has 4 fully saturated rings. The molecule has 0 radical (unpaired) electrons. The summed E-state index contributed by atoms with van der Waals surface area (Å²) < 4.78 is 10.3. The molecule has 4 rings (SSSR count). The number of rotatable bonds is 3. The second-order valence-electron chi connectivity index (χ2n) is 6.39. The predicted octanol–water partition coefficient (Wildman–Crippen LogP) is 1.24. The van der Waals surface area contributed by atoms with Gasteiger partial charge >= 0.3 is 11.9 Å². The van der Waals surface area contributed by atoms with Crippen LogP contribution in [0.1, 0.15) is 39.0 Å². The molecule has 1 N–H and O–H groups in total. The van der Waals surface area contributed by atoms with Gasteiger partial charge in [-0.1, -0.05) is 0 Å². The molecule has 0 spiro atoms. The summed E-state index contributed by atoms with van der Waals surface area (Å²) in [4.78, 5) is 23.3. The van der Waals surface area contributed by atoms with Gasteiger partial charge in [0, 0.05) is 6.92 Å². The lowest BCUT2D eigenvalue weighted by Gasteiger charge is -2.57. The van der Waals surface area contributed by atoms with Crippen molar-refractivity contribution in [1.29, 1.82) is 0 Å². The molecule has 4 aliphatic carbocycles. The monoisotopic (exact) mass is 268 g/mol. The van der Waals surface area contributed by atoms with Crippen LogP contribution in [-0.2, 0) is 19.1 Å². The van der Waals surface area contributed by atoms with Crippen molar-refractivity contribution in [3.63, 3.8) is 0 Å². The van der Waals surface area contributed by atoms with Crippen molar-refractivity contribution >= 4 is 11.9 Å². The summed E-state index contributed by atoms with van der Waals surface area (Å²) in [6.07, 6.45) is 4.40. The lowest BCUT2D eigenvalue weighted by molar-refractivity contribution is -0.198. The van der Waals surface area contributed by atoms with Crippen LogP contribution in [0.3, 0.4) is 0 Å². The standard InChI is InChI=1S/C14H20O5/c1-8(16)19-12-10-2-9-3-11(12)6-14(4-9,5-10)13(17)18-7-15/h9-12,15H,2-7H2,1H3. The highest BCUT2D eigenvalue weighted by molar-refractivity contribution is 5.77. The minimum absolute atomic E-state index is 0.0240. The summed E-state index contributed by atoms with van der Waals surface area (Å²) in [5.74, 6) is 0.596. The number of aliphatic hydroxyl groups is 1. The van der Waals surface area contributed by atoms with Crippen molar-refractivity contribution in [2.45, 2.75) is 45.1 Å². The average Bonchev–Trinajstić information content (AvgIpc) is 2.33. The van der Waals surface area contributed by atoms with E-state index in [9.17, 15) is 9.59 Å². The van der Waals surface area contributed by atoms with Crippen LogP contribution in [0.25, 0.3) is 0 Å². The molecule has 4 aliphatic rings. The maximum absolute atomic E-state index is 12.1. The highest BCUT2D eigenvalue weighted by Gasteiger charge is 2.60. The Morgan fingerprint density at radius 2 is 1.84 bits per heavy atom. The van der Waals surface area contributed by atoms with E-state index in [2.05, 4.69) is 0 Å². The third-order valence-corrected chi connectivity index (χ3v) is 5.12. The van der Waals surface area contributed by atoms with Gasteiger partial charge in [-0.2, -0.15) is 0 Å². The highest BCUT2D eigenvalue weighted by Crippen LogP contribution is 2.61. The van der Waals surface area contributed by atoms with Crippen LogP contribution < -0.4 is 0 Å². The largest absolute Gasteiger partial charge is 0.462 e. The zero-order valence-electron chi connectivity index (χ0n) is 11.1. The van der Waals surface area contributed by atoms with E-state index in [1.54, 1.807) is 0 Å². The Bertz CT molecular complexity index is 389. The summed E-state index contributed by atoms with van der Waals surface area (Å²) in [6, 6.07) is 0. The first-order valence-electron chi connectivity index (χ1n) is 6.99. The molecule has 4 saturated carbocycles. The average molecular weight is 268 g/mol. The minimum Gasteiger partial charge on any atom is -0.462 e. The predicted molar refractivity (Wildman–Crippen MR) is 64.7 cm³/mol. The Balaban J connectivity index is 1.80. The van der Waals surface area contributed by atoms with Crippen molar-refractivity contribution in [1.82, 2.24) is 0 Å². The van der Waals surface area contributed by atoms with Gasteiger partial charge in [-0.15, -0.1) is 0 Å². The summed E-state index contributed by atoms with van der Waals surface area (Å²) >= 11 is 0. The van der Waals surface area contributed by atoms with Gasteiger partial charge in [-0.25, -0.2) is 0 Å². The van der Waals surface area contributed by atoms with E-state index in [-0.39, 0.29) is 29.9 Å². The number of esters is 2. The summed E-state index contributed by atoms with van der Waals surface area (Å²) in [6.45, 7) is 0.898. The van der Waals surface area contributed by atoms with Crippen LogP contribution in [0.15, 0.2) is 0 Å². The number of hydrogen-bond donors (Lipinski definition) is 1. The summed E-state index contributed by atoms with van der Waals surface area (Å²) in [7, 11) is 0. The van der Waals surface area contributed by atoms with Crippen LogP contribution in [0.4, 0.5) is 0 Å². The van der Waals surface area contributed by atoms with Gasteiger partial charge in [0.15, 0.2) is 6.79 Å². The van der Waals surface area contributed by atoms with Gasteiger partial charge in [-0.3, -0.25) is 9.59 Å². The number of carbonyl (C=O) groups excluding carboxylic acids is 2. The van der Waals surface area contributed by atoms with E-state index < -0.39 is 12.2 Å². The van der Waals surface area contributed by atoms with Gasteiger partial charge in [0.05, 0.1) is 5.41 Å². The molecule has 0 aromatic heterocycles. The van der Waals surface area contributed by atoms with Crippen molar-refractivity contribution in [3.05, 3.63) is 0 Å². The van der Waals surface area contributed by atoms with Gasteiger partial charge in [0.1, 0.15) is 6.10 Å². The van der Waals surface area contributed by atoms with E-state index >= 15 is 0 Å². The van der Waals surface area contributed by atoms with Crippen molar-refractivity contribution in [3.8, 4) is 0 Å². The highest BCUT2D eigenvalue weighted by atomic mass is 16.6. The zero-order valence-corrected chi connectivity index (χ0v) is 11.1. The Kier molecular flexibility index (Phi) is 3.04. The molecule has 0 heterocycles. The normalized spacial score (nSPS) is 43.1. The Morgan fingerprint density at radius 3 is 2.37 bits per heavy atom. The fourth-order valence-electron chi connectivity index (χ4n) is 4.82. The van der Waals surface area contributed by atoms with Crippen molar-refractivity contribution in [2.75, 3.05) is 6.79 Å². The van der Waals surface area contributed by atoms with Crippen LogP contribution in [0.5, 0.6) is 0 Å². The van der Waals surface area contributed by atoms with E-state index in [0.717, 1.165) is 32.1 Å². The van der Waals surface area contributed by atoms with E-state index in [1.807, 2.05) is 0 Å². The SMILES string of the molecule is CC(=O)OC1C2CC3CC1CC(C(=O)OCO)(C3)C2. The van der Waals surface area contributed by atoms with Gasteiger partial charge < -0.3 is 14.6 Å². The fourth-order valence-corrected chi connectivity index (χ4v) is 4.82. The van der Waals surface area contributed by atoms with Crippen LogP contribution in [0, 0.1) is 23.2 Å². The van der Waals surface area contributed by atoms with Crippen molar-refractivity contribution in [2.24, 2.45) is 23.2 Å². The molecule has 2 unspecified atom stereocenters. The number of hydrogen-bond acceptors (Lipinski definition) is 5. The van der Waals surface area contributed by atoms with Crippen LogP contribution in [0.2, 0.25) is 0 Å². The minimum atomic E-state index is -0.548. The van der Waals surface area contributed by atoms with Crippen LogP contribution >= 0.6 is 0 Å². The lowest BCUT2D eigenvalue weighted by atomic mass is 9.48. The molecular formula is C14H20O5. The maximum atomic E-state index is 12.1. The molecular weight excluding hydrogens is 248 g/mol. The van der Waals surface area contributed by atoms with Crippen molar-refractivity contribution < 1.29 is 24.2 Å². The molecule has 5 nitrogen and oxygen atoms in total. The van der Waals surface area contributed by atoms with E-state index in [1.165, 1.54) is 6.92 Å². The Morgan fingerprint density at radius 1 is 1.21 bits per heavy atom. The Hall–Kier alpha value is -1.10. The number of aliphatic hydroxyl groups excluding tert-OH is 1. The molecule has 4 bridgehead atoms. The third kappa shape index (κ3) is 2.04. The third-order valence-electron chi connectivity index (χ3n) is 5.12. The summed E-state index contributed by atoms with van der Waals surface area (Å²) in [5.41, 5.74) is -0.435. The quantitative estimate of drug-likeness (QED) is 0.616. The number of ether oxygens (including phenoxy) is 2. The molecule has 19 heavy (non-hydrogen) atoms. The van der Waals surface area contributed by atoms with E-state index in [0.29, 0.717) is 5.92 Å². The molecule has 0 aromatic carbocycles. The van der Waals surface area contributed by atoms with Gasteiger partial charge in [0.2, 0.25) is 0 Å². The molecule has 0 aromatic rings. The van der Waals surface area contributed by atoms with Gasteiger partial charge in [-0.05, 0) is 49.9 Å². The number of carbonyl (C=O) groups is 2. The van der Waals surface area contributed by atoms with E-state index in [4.69, 9.17) is 14.6 Å². The molecule has 5 heteroatoms. The second kappa shape index (κ2) is 4.47. The Labute approximate surface area is 112 Å². The molecule has 106 valence electrons. The molecule has 0 amide bonds. The van der Waals surface area contributed by atoms with Gasteiger partial charge in [0.25, 0.3) is 0 Å². The zero-order chi connectivity index (χ0) is 13.6. The summed E-state index contributed by atoms with van der Waals surface area (Å²) in [5, 5.41) is 8.80. The first-order valence-corrected chi connectivity index (χ1v) is 6.99. The molecule has 0 aliphatic heterocycles. The maximum Gasteiger partial charge on any atom is 0.314 e. The molecule has 2 atom stereocenters. The smallest absolute Gasteiger partial charge is 0.314 e. The van der Waals surface area contributed by atoms with Crippen LogP contribution in [-0.4, -0.2) is 29.9 Å². The first kappa shape index (κ1) is 12.9. The first-order chi connectivity index (χ1) is 9.04. The topological polar surface area (TPSA) is 72.8 Å². The lowest BCUT2D eigenvalue weighted by Crippen LogP contribution is -2.57.